The van der Waals surface area contributed by atoms with Gasteiger partial charge in [0.15, 0.2) is 0 Å². The van der Waals surface area contributed by atoms with E-state index in [1.807, 2.05) is 37.8 Å². The molecule has 0 saturated carbocycles. The summed E-state index contributed by atoms with van der Waals surface area (Å²) < 4.78 is 7.28. The quantitative estimate of drug-likeness (QED) is 0.738. The molecule has 0 N–H and O–H groups in total. The van der Waals surface area contributed by atoms with Gasteiger partial charge in [0.25, 0.3) is 5.91 Å². The minimum atomic E-state index is -0.223. The first kappa shape index (κ1) is 20.2. The zero-order valence-electron chi connectivity index (χ0n) is 17.3. The molecule has 150 valence electrons. The SMILES string of the molecule is CCOC(=O)[C@@H]1CCCN(C(=O)c2c(C)cc(C)n2Cc2ccccc2C)C1. The number of aryl methyl sites for hydroxylation is 3. The number of hydrogen-bond donors (Lipinski definition) is 0. The number of ether oxygens (including phenoxy) is 1. The number of hydrogen-bond acceptors (Lipinski definition) is 3. The summed E-state index contributed by atoms with van der Waals surface area (Å²) in [4.78, 5) is 27.4. The van der Waals surface area contributed by atoms with Gasteiger partial charge in [-0.2, -0.15) is 0 Å². The monoisotopic (exact) mass is 382 g/mol. The van der Waals surface area contributed by atoms with Crippen LogP contribution in [0, 0.1) is 26.7 Å². The highest BCUT2D eigenvalue weighted by molar-refractivity contribution is 5.95. The molecule has 2 heterocycles. The summed E-state index contributed by atoms with van der Waals surface area (Å²) in [5.74, 6) is -0.407. The molecule has 0 unspecified atom stereocenters. The molecule has 0 spiro atoms. The Labute approximate surface area is 167 Å². The van der Waals surface area contributed by atoms with Crippen LogP contribution in [0.25, 0.3) is 0 Å². The third-order valence-electron chi connectivity index (χ3n) is 5.62. The molecule has 5 heteroatoms. The Hall–Kier alpha value is -2.56. The first-order chi connectivity index (χ1) is 13.4. The zero-order valence-corrected chi connectivity index (χ0v) is 17.3. The van der Waals surface area contributed by atoms with Crippen molar-refractivity contribution in [3.63, 3.8) is 0 Å². The maximum absolute atomic E-state index is 13.4. The average Bonchev–Trinajstić information content (AvgIpc) is 2.96. The molecule has 1 saturated heterocycles. The van der Waals surface area contributed by atoms with Crippen molar-refractivity contribution in [1.29, 1.82) is 0 Å². The van der Waals surface area contributed by atoms with Crippen LogP contribution >= 0.6 is 0 Å². The normalized spacial score (nSPS) is 16.9. The molecule has 0 bridgehead atoms. The number of benzene rings is 1. The second-order valence-corrected chi connectivity index (χ2v) is 7.67. The van der Waals surface area contributed by atoms with Crippen molar-refractivity contribution >= 4 is 11.9 Å². The van der Waals surface area contributed by atoms with E-state index in [9.17, 15) is 9.59 Å². The number of piperidine rings is 1. The van der Waals surface area contributed by atoms with Gasteiger partial charge in [-0.3, -0.25) is 9.59 Å². The van der Waals surface area contributed by atoms with Crippen LogP contribution in [-0.4, -0.2) is 41.0 Å². The smallest absolute Gasteiger partial charge is 0.310 e. The number of esters is 1. The van der Waals surface area contributed by atoms with Crippen LogP contribution in [0.3, 0.4) is 0 Å². The van der Waals surface area contributed by atoms with Crippen molar-refractivity contribution in [3.8, 4) is 0 Å². The summed E-state index contributed by atoms with van der Waals surface area (Å²) in [6.45, 7) is 10.1. The Bertz CT molecular complexity index is 869. The molecule has 5 nitrogen and oxygen atoms in total. The Morgan fingerprint density at radius 1 is 1.14 bits per heavy atom. The van der Waals surface area contributed by atoms with Gasteiger partial charge in [-0.25, -0.2) is 0 Å². The third kappa shape index (κ3) is 4.13. The fourth-order valence-corrected chi connectivity index (χ4v) is 4.06. The summed E-state index contributed by atoms with van der Waals surface area (Å²) in [5.41, 5.74) is 5.20. The van der Waals surface area contributed by atoms with E-state index < -0.39 is 0 Å². The van der Waals surface area contributed by atoms with Gasteiger partial charge in [-0.05, 0) is 63.3 Å². The summed E-state index contributed by atoms with van der Waals surface area (Å²) in [5, 5.41) is 0. The first-order valence-electron chi connectivity index (χ1n) is 10.1. The number of amides is 1. The van der Waals surface area contributed by atoms with E-state index in [0.29, 0.717) is 26.2 Å². The number of likely N-dealkylation sites (tertiary alicyclic amines) is 1. The summed E-state index contributed by atoms with van der Waals surface area (Å²) >= 11 is 0. The Morgan fingerprint density at radius 2 is 1.89 bits per heavy atom. The highest BCUT2D eigenvalue weighted by atomic mass is 16.5. The van der Waals surface area contributed by atoms with Gasteiger partial charge in [0, 0.05) is 25.3 Å². The number of aromatic nitrogens is 1. The summed E-state index contributed by atoms with van der Waals surface area (Å²) in [6, 6.07) is 10.3. The topological polar surface area (TPSA) is 51.5 Å². The van der Waals surface area contributed by atoms with Crippen LogP contribution in [-0.2, 0) is 16.1 Å². The number of carbonyl (C=O) groups excluding carboxylic acids is 2. The molecule has 1 fully saturated rings. The third-order valence-corrected chi connectivity index (χ3v) is 5.62. The van der Waals surface area contributed by atoms with Gasteiger partial charge >= 0.3 is 5.97 Å². The second kappa shape index (κ2) is 8.63. The van der Waals surface area contributed by atoms with E-state index in [4.69, 9.17) is 4.74 Å². The van der Waals surface area contributed by atoms with Crippen LogP contribution in [0.4, 0.5) is 0 Å². The van der Waals surface area contributed by atoms with E-state index >= 15 is 0 Å². The molecule has 2 aromatic rings. The summed E-state index contributed by atoms with van der Waals surface area (Å²) in [7, 11) is 0. The van der Waals surface area contributed by atoms with Crippen LogP contribution in [0.15, 0.2) is 30.3 Å². The van der Waals surface area contributed by atoms with E-state index in [-0.39, 0.29) is 17.8 Å². The van der Waals surface area contributed by atoms with Crippen LogP contribution in [0.5, 0.6) is 0 Å². The molecule has 1 amide bonds. The molecule has 3 rings (SSSR count). The predicted molar refractivity (Wildman–Crippen MR) is 109 cm³/mol. The molecule has 28 heavy (non-hydrogen) atoms. The lowest BCUT2D eigenvalue weighted by atomic mass is 9.97. The van der Waals surface area contributed by atoms with Crippen molar-refractivity contribution < 1.29 is 14.3 Å². The Morgan fingerprint density at radius 3 is 2.61 bits per heavy atom. The maximum atomic E-state index is 13.4. The lowest BCUT2D eigenvalue weighted by Gasteiger charge is -2.32. The number of carbonyl (C=O) groups is 2. The van der Waals surface area contributed by atoms with Crippen LogP contribution in [0.2, 0.25) is 0 Å². The van der Waals surface area contributed by atoms with Gasteiger partial charge < -0.3 is 14.2 Å². The second-order valence-electron chi connectivity index (χ2n) is 7.67. The fraction of sp³-hybridized carbons (Fsp3) is 0.478. The Balaban J connectivity index is 1.86. The molecular formula is C23H30N2O3. The number of rotatable bonds is 5. The van der Waals surface area contributed by atoms with E-state index in [0.717, 1.165) is 29.8 Å². The molecule has 1 aromatic carbocycles. The highest BCUT2D eigenvalue weighted by Gasteiger charge is 2.31. The molecule has 1 aromatic heterocycles. The molecule has 0 radical (unpaired) electrons. The van der Waals surface area contributed by atoms with Gasteiger partial charge in [-0.15, -0.1) is 0 Å². The lowest BCUT2D eigenvalue weighted by molar-refractivity contribution is -0.149. The largest absolute Gasteiger partial charge is 0.466 e. The summed E-state index contributed by atoms with van der Waals surface area (Å²) in [6.07, 6.45) is 1.61. The van der Waals surface area contributed by atoms with Gasteiger partial charge in [0.1, 0.15) is 5.69 Å². The zero-order chi connectivity index (χ0) is 20.3. The minimum absolute atomic E-state index is 0.00758. The Kier molecular flexibility index (Phi) is 6.22. The van der Waals surface area contributed by atoms with E-state index in [2.05, 4.69) is 29.7 Å². The van der Waals surface area contributed by atoms with E-state index in [1.165, 1.54) is 11.1 Å². The van der Waals surface area contributed by atoms with Crippen molar-refractivity contribution in [2.75, 3.05) is 19.7 Å². The van der Waals surface area contributed by atoms with Crippen molar-refractivity contribution in [1.82, 2.24) is 9.47 Å². The van der Waals surface area contributed by atoms with Gasteiger partial charge in [-0.1, -0.05) is 24.3 Å². The van der Waals surface area contributed by atoms with Crippen LogP contribution < -0.4 is 0 Å². The van der Waals surface area contributed by atoms with Crippen molar-refractivity contribution in [2.24, 2.45) is 5.92 Å². The molecule has 1 atom stereocenters. The molecule has 1 aliphatic heterocycles. The maximum Gasteiger partial charge on any atom is 0.310 e. The van der Waals surface area contributed by atoms with Crippen molar-refractivity contribution in [3.05, 3.63) is 58.4 Å². The minimum Gasteiger partial charge on any atom is -0.466 e. The first-order valence-corrected chi connectivity index (χ1v) is 10.1. The fourth-order valence-electron chi connectivity index (χ4n) is 4.06. The standard InChI is InChI=1S/C23H30N2O3/c1-5-28-23(27)20-11-8-12-24(14-20)22(26)21-17(3)13-18(4)25(21)15-19-10-7-6-9-16(19)2/h6-7,9-10,13,20H,5,8,11-12,14-15H2,1-4H3/t20-/m1/s1. The van der Waals surface area contributed by atoms with Gasteiger partial charge in [0.05, 0.1) is 12.5 Å². The predicted octanol–water partition coefficient (Wildman–Crippen LogP) is 3.88. The molecule has 0 aliphatic carbocycles. The van der Waals surface area contributed by atoms with Gasteiger partial charge in [0.2, 0.25) is 0 Å². The number of nitrogens with zero attached hydrogens (tertiary/aromatic N) is 2. The molecular weight excluding hydrogens is 352 g/mol. The average molecular weight is 383 g/mol. The highest BCUT2D eigenvalue weighted by Crippen LogP contribution is 2.24. The van der Waals surface area contributed by atoms with Crippen LogP contribution in [0.1, 0.15) is 52.6 Å². The van der Waals surface area contributed by atoms with E-state index in [1.54, 1.807) is 0 Å². The molecule has 1 aliphatic rings. The lowest BCUT2D eigenvalue weighted by Crippen LogP contribution is -2.43. The van der Waals surface area contributed by atoms with Crippen molar-refractivity contribution in [2.45, 2.75) is 47.1 Å².